The van der Waals surface area contributed by atoms with Gasteiger partial charge in [-0.3, -0.25) is 9.59 Å². The van der Waals surface area contributed by atoms with Crippen molar-refractivity contribution in [1.29, 1.82) is 0 Å². The number of likely N-dealkylation sites (tertiary alicyclic amines) is 1. The second-order valence-electron chi connectivity index (χ2n) is 4.69. The Morgan fingerprint density at radius 2 is 1.94 bits per heavy atom. The number of carbonyl (C=O) groups is 2. The third-order valence-corrected chi connectivity index (χ3v) is 2.88. The van der Waals surface area contributed by atoms with Crippen molar-refractivity contribution in [1.82, 2.24) is 10.2 Å². The fourth-order valence-electron chi connectivity index (χ4n) is 2.06. The maximum Gasteiger partial charge on any atom is 0.237 e. The highest BCUT2D eigenvalue weighted by Crippen LogP contribution is 2.07. The highest BCUT2D eigenvalue weighted by atomic mass is 16.2. The Bertz CT molecular complexity index is 277. The van der Waals surface area contributed by atoms with E-state index in [2.05, 4.69) is 10.2 Å². The van der Waals surface area contributed by atoms with Gasteiger partial charge in [0.25, 0.3) is 0 Å². The van der Waals surface area contributed by atoms with Gasteiger partial charge >= 0.3 is 0 Å². The Morgan fingerprint density at radius 3 is 2.47 bits per heavy atom. The van der Waals surface area contributed by atoms with E-state index in [-0.39, 0.29) is 18.4 Å². The number of primary amides is 1. The quantitative estimate of drug-likeness (QED) is 0.544. The van der Waals surface area contributed by atoms with Crippen LogP contribution in [0, 0.1) is 0 Å². The average molecular weight is 242 g/mol. The zero-order chi connectivity index (χ0) is 12.8. The second-order valence-corrected chi connectivity index (χ2v) is 4.69. The second kappa shape index (κ2) is 6.56. The van der Waals surface area contributed by atoms with Gasteiger partial charge in [0, 0.05) is 12.6 Å². The molecule has 17 heavy (non-hydrogen) atoms. The average Bonchev–Trinajstić information content (AvgIpc) is 2.68. The van der Waals surface area contributed by atoms with Crippen LogP contribution in [0.5, 0.6) is 0 Å². The summed E-state index contributed by atoms with van der Waals surface area (Å²) in [6, 6.07) is -0.798. The number of nitrogens with one attached hydrogen (secondary N) is 1. The van der Waals surface area contributed by atoms with E-state index in [4.69, 9.17) is 11.5 Å². The van der Waals surface area contributed by atoms with E-state index < -0.39 is 11.9 Å². The van der Waals surface area contributed by atoms with E-state index >= 15 is 0 Å². The summed E-state index contributed by atoms with van der Waals surface area (Å²) in [6.07, 6.45) is 2.34. The van der Waals surface area contributed by atoms with Gasteiger partial charge in [0.15, 0.2) is 0 Å². The summed E-state index contributed by atoms with van der Waals surface area (Å²) in [4.78, 5) is 24.5. The molecule has 0 aromatic heterocycles. The lowest BCUT2D eigenvalue weighted by Crippen LogP contribution is -2.49. The molecule has 5 N–H and O–H groups in total. The van der Waals surface area contributed by atoms with Crippen LogP contribution in [0.3, 0.4) is 0 Å². The molecule has 1 aliphatic heterocycles. The first-order valence-electron chi connectivity index (χ1n) is 6.05. The predicted molar refractivity (Wildman–Crippen MR) is 65.1 cm³/mol. The minimum Gasteiger partial charge on any atom is -0.370 e. The Kier molecular flexibility index (Phi) is 5.37. The molecule has 1 saturated heterocycles. The van der Waals surface area contributed by atoms with Crippen LogP contribution in [0.2, 0.25) is 0 Å². The number of hydrogen-bond acceptors (Lipinski definition) is 4. The number of nitrogens with zero attached hydrogens (tertiary/aromatic N) is 1. The number of carbonyl (C=O) groups excluding carboxylic acids is 2. The van der Waals surface area contributed by atoms with Gasteiger partial charge < -0.3 is 21.7 Å². The van der Waals surface area contributed by atoms with Crippen molar-refractivity contribution in [3.05, 3.63) is 0 Å². The minimum absolute atomic E-state index is 0.0412. The third-order valence-electron chi connectivity index (χ3n) is 2.88. The summed E-state index contributed by atoms with van der Waals surface area (Å²) >= 11 is 0. The largest absolute Gasteiger partial charge is 0.370 e. The lowest BCUT2D eigenvalue weighted by Gasteiger charge is -2.22. The lowest BCUT2D eigenvalue weighted by atomic mass is 10.2. The summed E-state index contributed by atoms with van der Waals surface area (Å²) in [5, 5.41) is 2.80. The summed E-state index contributed by atoms with van der Waals surface area (Å²) in [5.74, 6) is -0.865. The van der Waals surface area contributed by atoms with E-state index in [1.165, 1.54) is 12.8 Å². The van der Waals surface area contributed by atoms with Crippen LogP contribution in [0.15, 0.2) is 0 Å². The van der Waals surface area contributed by atoms with Crippen molar-refractivity contribution in [3.8, 4) is 0 Å². The molecule has 6 heteroatoms. The molecular weight excluding hydrogens is 220 g/mol. The fraction of sp³-hybridized carbons (Fsp3) is 0.818. The first-order valence-corrected chi connectivity index (χ1v) is 6.05. The molecule has 0 bridgehead atoms. The minimum atomic E-state index is -0.839. The van der Waals surface area contributed by atoms with Crippen molar-refractivity contribution < 1.29 is 9.59 Å². The molecule has 2 amide bonds. The topological polar surface area (TPSA) is 101 Å². The molecule has 1 heterocycles. The van der Waals surface area contributed by atoms with Gasteiger partial charge in [-0.2, -0.15) is 0 Å². The normalized spacial score (nSPS) is 19.9. The van der Waals surface area contributed by atoms with Crippen molar-refractivity contribution in [2.75, 3.05) is 19.6 Å². The van der Waals surface area contributed by atoms with Crippen LogP contribution in [-0.4, -0.2) is 48.4 Å². The molecule has 0 aromatic carbocycles. The molecule has 0 spiro atoms. The standard InChI is InChI=1S/C11H22N4O2/c1-8(7-15-4-2-3-5-15)14-11(17)9(12)6-10(13)16/h8-9H,2-7,12H2,1H3,(H2,13,16)(H,14,17). The molecule has 6 nitrogen and oxygen atoms in total. The summed E-state index contributed by atoms with van der Waals surface area (Å²) in [5.41, 5.74) is 10.5. The zero-order valence-corrected chi connectivity index (χ0v) is 10.3. The Balaban J connectivity index is 2.26. The van der Waals surface area contributed by atoms with Gasteiger partial charge in [0.1, 0.15) is 0 Å². The Morgan fingerprint density at radius 1 is 1.35 bits per heavy atom. The van der Waals surface area contributed by atoms with Crippen molar-refractivity contribution >= 4 is 11.8 Å². The van der Waals surface area contributed by atoms with Gasteiger partial charge in [-0.05, 0) is 32.9 Å². The van der Waals surface area contributed by atoms with Gasteiger partial charge in [0.2, 0.25) is 11.8 Å². The van der Waals surface area contributed by atoms with Gasteiger partial charge in [-0.25, -0.2) is 0 Å². The highest BCUT2D eigenvalue weighted by Gasteiger charge is 2.20. The molecule has 0 radical (unpaired) electrons. The summed E-state index contributed by atoms with van der Waals surface area (Å²) in [7, 11) is 0. The lowest BCUT2D eigenvalue weighted by molar-refractivity contribution is -0.126. The summed E-state index contributed by atoms with van der Waals surface area (Å²) < 4.78 is 0. The first kappa shape index (κ1) is 13.9. The number of rotatable bonds is 6. The van der Waals surface area contributed by atoms with Crippen molar-refractivity contribution in [2.45, 2.75) is 38.3 Å². The maximum absolute atomic E-state index is 11.6. The SMILES string of the molecule is CC(CN1CCCC1)NC(=O)C(N)CC(N)=O. The number of amides is 2. The zero-order valence-electron chi connectivity index (χ0n) is 10.3. The molecule has 1 aliphatic rings. The first-order chi connectivity index (χ1) is 7.99. The van der Waals surface area contributed by atoms with Crippen molar-refractivity contribution in [2.24, 2.45) is 11.5 Å². The molecule has 0 aromatic rings. The maximum atomic E-state index is 11.6. The van der Waals surface area contributed by atoms with Gasteiger partial charge in [-0.15, -0.1) is 0 Å². The Hall–Kier alpha value is -1.14. The van der Waals surface area contributed by atoms with Crippen molar-refractivity contribution in [3.63, 3.8) is 0 Å². The van der Waals surface area contributed by atoms with Crippen LogP contribution in [0.25, 0.3) is 0 Å². The van der Waals surface area contributed by atoms with Gasteiger partial charge in [-0.1, -0.05) is 0 Å². The van der Waals surface area contributed by atoms with E-state index in [9.17, 15) is 9.59 Å². The fourth-order valence-corrected chi connectivity index (χ4v) is 2.06. The van der Waals surface area contributed by atoms with Gasteiger partial charge in [0.05, 0.1) is 12.5 Å². The molecule has 98 valence electrons. The molecule has 1 rings (SSSR count). The summed E-state index contributed by atoms with van der Waals surface area (Å²) in [6.45, 7) is 4.95. The molecule has 1 fully saturated rings. The highest BCUT2D eigenvalue weighted by molar-refractivity contribution is 5.87. The third kappa shape index (κ3) is 5.14. The number of nitrogens with two attached hydrogens (primary N) is 2. The molecule has 2 unspecified atom stereocenters. The molecular formula is C11H22N4O2. The smallest absolute Gasteiger partial charge is 0.237 e. The molecule has 0 aliphatic carbocycles. The van der Waals surface area contributed by atoms with E-state index in [1.807, 2.05) is 6.92 Å². The van der Waals surface area contributed by atoms with E-state index in [1.54, 1.807) is 0 Å². The predicted octanol–water partition coefficient (Wildman–Crippen LogP) is -1.21. The Labute approximate surface area is 102 Å². The van der Waals surface area contributed by atoms with Crippen LogP contribution in [-0.2, 0) is 9.59 Å². The van der Waals surface area contributed by atoms with Crippen LogP contribution >= 0.6 is 0 Å². The molecule has 0 saturated carbocycles. The van der Waals surface area contributed by atoms with E-state index in [0.29, 0.717) is 0 Å². The van der Waals surface area contributed by atoms with Crippen LogP contribution in [0.4, 0.5) is 0 Å². The van der Waals surface area contributed by atoms with Crippen LogP contribution in [0.1, 0.15) is 26.2 Å². The number of hydrogen-bond donors (Lipinski definition) is 3. The molecule has 2 atom stereocenters. The monoisotopic (exact) mass is 242 g/mol. The van der Waals surface area contributed by atoms with Crippen LogP contribution < -0.4 is 16.8 Å². The van der Waals surface area contributed by atoms with E-state index in [0.717, 1.165) is 19.6 Å².